The molecule has 12 atom stereocenters. The number of ketones is 1. The van der Waals surface area contributed by atoms with Gasteiger partial charge in [0.15, 0.2) is 22.6 Å². The van der Waals surface area contributed by atoms with Crippen LogP contribution in [0.25, 0.3) is 0 Å². The van der Waals surface area contributed by atoms with Crippen LogP contribution < -0.4 is 0 Å². The Morgan fingerprint density at radius 2 is 1.47 bits per heavy atom. The molecule has 7 rings (SSSR count). The van der Waals surface area contributed by atoms with Gasteiger partial charge in [0, 0.05) is 30.3 Å². The third-order valence-electron chi connectivity index (χ3n) is 15.2. The molecule has 64 heavy (non-hydrogen) atoms. The van der Waals surface area contributed by atoms with Crippen molar-refractivity contribution in [1.29, 1.82) is 0 Å². The van der Waals surface area contributed by atoms with E-state index in [1.807, 2.05) is 19.1 Å². The minimum atomic E-state index is -2.47. The maximum atomic E-state index is 14.4. The molecule has 1 aromatic carbocycles. The maximum absolute atomic E-state index is 14.4. The molecule has 3 aliphatic carbocycles. The van der Waals surface area contributed by atoms with Gasteiger partial charge in [-0.1, -0.05) is 160 Å². The standard InChI is InChI=1S/C53H74O11/c1-7-9-11-13-15-16-17-18-19-20-21-23-28-32-41(54)59-35-49-45(61-49)42-46-52(36(3)4)44(60-47(56)39-30-26-25-27-31-39)38(6)53(42,40-34-37(5)43(55)51(40,58)48(49)57)64-50(62-46,63-52)33-29-24-22-14-12-10-8-2/h22,24-27,29-31,33-34,38,40,42,44-46,48,57-58H,3,7-21,23,28,32,35H2,1-2,4-6H3/b24-22+,33-29+. The van der Waals surface area contributed by atoms with Gasteiger partial charge in [-0.15, -0.1) is 0 Å². The molecule has 6 aliphatic rings. The van der Waals surface area contributed by atoms with Crippen molar-refractivity contribution in [2.75, 3.05) is 6.61 Å². The Labute approximate surface area is 381 Å². The summed E-state index contributed by atoms with van der Waals surface area (Å²) in [6.45, 7) is 13.7. The molecule has 3 heterocycles. The Bertz CT molecular complexity index is 1920. The number of aliphatic hydroxyl groups is 2. The minimum Gasteiger partial charge on any atom is -0.462 e. The molecule has 0 aromatic heterocycles. The molecular weight excluding hydrogens is 813 g/mol. The largest absolute Gasteiger partial charge is 0.462 e. The molecule has 5 fully saturated rings. The van der Waals surface area contributed by atoms with Crippen molar-refractivity contribution < 1.29 is 53.0 Å². The first-order chi connectivity index (χ1) is 30.8. The van der Waals surface area contributed by atoms with Gasteiger partial charge in [0.05, 0.1) is 11.2 Å². The smallest absolute Gasteiger partial charge is 0.338 e. The third kappa shape index (κ3) is 8.67. The van der Waals surface area contributed by atoms with Crippen molar-refractivity contribution in [2.24, 2.45) is 17.8 Å². The fourth-order valence-corrected chi connectivity index (χ4v) is 11.8. The van der Waals surface area contributed by atoms with Crippen LogP contribution in [-0.4, -0.2) is 87.3 Å². The Morgan fingerprint density at radius 1 is 0.844 bits per heavy atom. The second kappa shape index (κ2) is 20.2. The molecule has 0 radical (unpaired) electrons. The quantitative estimate of drug-likeness (QED) is 0.0318. The number of carbonyl (C=O) groups excluding carboxylic acids is 3. The summed E-state index contributed by atoms with van der Waals surface area (Å²) in [5.74, 6) is -6.43. The zero-order chi connectivity index (χ0) is 45.8. The number of allylic oxidation sites excluding steroid dienone is 3. The number of rotatable bonds is 25. The first-order valence-electron chi connectivity index (χ1n) is 24.6. The lowest BCUT2D eigenvalue weighted by atomic mass is 9.53. The van der Waals surface area contributed by atoms with Crippen molar-refractivity contribution in [3.63, 3.8) is 0 Å². The molecule has 2 N–H and O–H groups in total. The second-order valence-corrected chi connectivity index (χ2v) is 19.6. The zero-order valence-electron chi connectivity index (χ0n) is 39.0. The number of carbonyl (C=O) groups is 3. The Kier molecular flexibility index (Phi) is 15.3. The van der Waals surface area contributed by atoms with Crippen molar-refractivity contribution >= 4 is 17.7 Å². The van der Waals surface area contributed by atoms with Crippen LogP contribution in [0.3, 0.4) is 0 Å². The van der Waals surface area contributed by atoms with Crippen molar-refractivity contribution in [1.82, 2.24) is 0 Å². The number of hydrogen-bond acceptors (Lipinski definition) is 11. The van der Waals surface area contributed by atoms with Crippen LogP contribution in [0.1, 0.15) is 161 Å². The van der Waals surface area contributed by atoms with E-state index in [0.29, 0.717) is 17.6 Å². The normalized spacial score (nSPS) is 36.7. The third-order valence-corrected chi connectivity index (χ3v) is 15.2. The highest BCUT2D eigenvalue weighted by molar-refractivity contribution is 6.05. The van der Waals surface area contributed by atoms with E-state index >= 15 is 0 Å². The van der Waals surface area contributed by atoms with E-state index in [9.17, 15) is 24.6 Å². The molecular formula is C53H74O11. The van der Waals surface area contributed by atoms with E-state index in [1.54, 1.807) is 56.3 Å². The highest BCUT2D eigenvalue weighted by Gasteiger charge is 2.90. The summed E-state index contributed by atoms with van der Waals surface area (Å²) in [4.78, 5) is 41.8. The molecule has 11 heteroatoms. The van der Waals surface area contributed by atoms with Crippen molar-refractivity contribution in [3.8, 4) is 0 Å². The molecule has 11 nitrogen and oxygen atoms in total. The average Bonchev–Trinajstić information content (AvgIpc) is 3.90. The molecule has 3 bridgehead atoms. The van der Waals surface area contributed by atoms with Crippen LogP contribution in [0.4, 0.5) is 0 Å². The summed E-state index contributed by atoms with van der Waals surface area (Å²) in [6.07, 6.45) is 24.0. The van der Waals surface area contributed by atoms with Crippen LogP contribution in [0.5, 0.6) is 0 Å². The summed E-state index contributed by atoms with van der Waals surface area (Å²) in [5, 5.41) is 25.4. The van der Waals surface area contributed by atoms with E-state index in [2.05, 4.69) is 26.5 Å². The van der Waals surface area contributed by atoms with E-state index in [0.717, 1.165) is 44.9 Å². The van der Waals surface area contributed by atoms with Gasteiger partial charge in [0.2, 0.25) is 0 Å². The Morgan fingerprint density at radius 3 is 2.11 bits per heavy atom. The summed E-state index contributed by atoms with van der Waals surface area (Å²) in [5.41, 5.74) is -6.20. The van der Waals surface area contributed by atoms with Gasteiger partial charge in [-0.25, -0.2) is 4.79 Å². The molecule has 352 valence electrons. The molecule has 0 spiro atoms. The van der Waals surface area contributed by atoms with Gasteiger partial charge in [0.1, 0.15) is 31.0 Å². The van der Waals surface area contributed by atoms with Crippen LogP contribution in [0, 0.1) is 17.8 Å². The fourth-order valence-electron chi connectivity index (χ4n) is 11.8. The molecule has 3 aliphatic heterocycles. The molecule has 2 saturated carbocycles. The molecule has 12 unspecified atom stereocenters. The van der Waals surface area contributed by atoms with Gasteiger partial charge in [0.25, 0.3) is 0 Å². The summed E-state index contributed by atoms with van der Waals surface area (Å²) in [7, 11) is 0. The van der Waals surface area contributed by atoms with Gasteiger partial charge >= 0.3 is 17.9 Å². The number of benzene rings is 1. The SMILES string of the molecule is C=C(C)C12OC3(/C=C/C=C/CCCCC)OC1C1C4OC4(COC(=O)CCCCCCCCCCCCCCC)C(O)C4(O)C(=O)C(C)=CC4C1(O3)C(C)C2OC(=O)c1ccccc1. The highest BCUT2D eigenvalue weighted by Crippen LogP contribution is 2.73. The Hall–Kier alpha value is -3.45. The molecule has 1 aromatic rings. The lowest BCUT2D eigenvalue weighted by Crippen LogP contribution is -2.76. The Balaban J connectivity index is 1.13. The summed E-state index contributed by atoms with van der Waals surface area (Å²) in [6, 6.07) is 8.63. The molecule has 3 saturated heterocycles. The molecule has 0 amide bonds. The number of unbranched alkanes of at least 4 members (excludes halogenated alkanes) is 15. The monoisotopic (exact) mass is 887 g/mol. The fraction of sp³-hybridized carbons (Fsp3) is 0.679. The number of fused-ring (bicyclic) bond motifs is 3. The summed E-state index contributed by atoms with van der Waals surface area (Å²) >= 11 is 0. The first kappa shape index (κ1) is 48.5. The van der Waals surface area contributed by atoms with Crippen LogP contribution in [0.2, 0.25) is 0 Å². The maximum Gasteiger partial charge on any atom is 0.338 e. The highest BCUT2D eigenvalue weighted by atomic mass is 16.9. The average molecular weight is 887 g/mol. The van der Waals surface area contributed by atoms with E-state index in [4.69, 9.17) is 28.4 Å². The van der Waals surface area contributed by atoms with Gasteiger partial charge in [-0.2, -0.15) is 0 Å². The number of Topliss-reactive ketones (excluding diaryl/α,β-unsaturated/α-hetero) is 1. The van der Waals surface area contributed by atoms with Crippen LogP contribution in [0.15, 0.2) is 78.4 Å². The predicted molar refractivity (Wildman–Crippen MR) is 243 cm³/mol. The van der Waals surface area contributed by atoms with E-state index in [1.165, 1.54) is 57.8 Å². The van der Waals surface area contributed by atoms with Gasteiger partial charge in [-0.3, -0.25) is 9.59 Å². The number of hydrogen-bond donors (Lipinski definition) is 2. The van der Waals surface area contributed by atoms with Crippen LogP contribution >= 0.6 is 0 Å². The topological polar surface area (TPSA) is 150 Å². The van der Waals surface area contributed by atoms with Gasteiger partial charge < -0.3 is 38.6 Å². The van der Waals surface area contributed by atoms with Crippen LogP contribution in [-0.2, 0) is 38.0 Å². The van der Waals surface area contributed by atoms with E-state index in [-0.39, 0.29) is 12.0 Å². The van der Waals surface area contributed by atoms with Gasteiger partial charge in [-0.05, 0) is 56.4 Å². The first-order valence-corrected chi connectivity index (χ1v) is 24.6. The van der Waals surface area contributed by atoms with Crippen molar-refractivity contribution in [2.45, 2.75) is 203 Å². The predicted octanol–water partition coefficient (Wildman–Crippen LogP) is 9.74. The lowest BCUT2D eigenvalue weighted by molar-refractivity contribution is -0.407. The summed E-state index contributed by atoms with van der Waals surface area (Å²) < 4.78 is 40.2. The number of aliphatic hydroxyl groups excluding tert-OH is 1. The second-order valence-electron chi connectivity index (χ2n) is 19.6. The minimum absolute atomic E-state index is 0.198. The lowest BCUT2D eigenvalue weighted by Gasteiger charge is -2.61. The van der Waals surface area contributed by atoms with Crippen molar-refractivity contribution in [3.05, 3.63) is 84.0 Å². The zero-order valence-corrected chi connectivity index (χ0v) is 39.0. The number of esters is 2. The number of ether oxygens (including phenoxy) is 6. The number of epoxide rings is 1. The van der Waals surface area contributed by atoms with E-state index < -0.39 is 94.9 Å².